The average Bonchev–Trinajstić information content (AvgIpc) is 2.81. The van der Waals surface area contributed by atoms with E-state index in [1.165, 1.54) is 12.3 Å². The third-order valence-corrected chi connectivity index (χ3v) is 6.12. The summed E-state index contributed by atoms with van der Waals surface area (Å²) in [6.45, 7) is 6.32. The highest BCUT2D eigenvalue weighted by Crippen LogP contribution is 2.30. The molecule has 6 nitrogen and oxygen atoms in total. The van der Waals surface area contributed by atoms with E-state index in [0.717, 1.165) is 23.5 Å². The lowest BCUT2D eigenvalue weighted by Crippen LogP contribution is -2.52. The molecule has 0 amide bonds. The molecule has 33 heavy (non-hydrogen) atoms. The largest absolute Gasteiger partial charge is 0.462 e. The molecule has 0 radical (unpaired) electrons. The number of aromatic nitrogens is 2. The molecule has 4 rings (SSSR count). The fraction of sp³-hybridized carbons (Fsp3) is 0.292. The zero-order valence-corrected chi connectivity index (χ0v) is 19.8. The SMILES string of the molecule is CCOC(=O)c1cnc(N2CCN(c3ccnc(-c4ccc(F)c(Cl)c4)c3)[C@H](C)C2)c(Cl)c1. The van der Waals surface area contributed by atoms with E-state index in [2.05, 4.69) is 26.7 Å². The smallest absolute Gasteiger partial charge is 0.339 e. The van der Waals surface area contributed by atoms with Gasteiger partial charge in [-0.3, -0.25) is 4.98 Å². The van der Waals surface area contributed by atoms with Gasteiger partial charge >= 0.3 is 5.97 Å². The molecule has 1 aliphatic rings. The number of benzene rings is 1. The van der Waals surface area contributed by atoms with Crippen LogP contribution in [-0.4, -0.2) is 48.2 Å². The van der Waals surface area contributed by atoms with Gasteiger partial charge in [0.2, 0.25) is 0 Å². The summed E-state index contributed by atoms with van der Waals surface area (Å²) < 4.78 is 18.5. The molecule has 0 unspecified atom stereocenters. The quantitative estimate of drug-likeness (QED) is 0.443. The minimum absolute atomic E-state index is 0.0695. The van der Waals surface area contributed by atoms with E-state index in [0.29, 0.717) is 36.1 Å². The van der Waals surface area contributed by atoms with Crippen molar-refractivity contribution in [1.82, 2.24) is 9.97 Å². The van der Waals surface area contributed by atoms with Gasteiger partial charge in [-0.1, -0.05) is 23.2 Å². The Bertz CT molecular complexity index is 1180. The first kappa shape index (κ1) is 23.3. The minimum Gasteiger partial charge on any atom is -0.462 e. The van der Waals surface area contributed by atoms with E-state index in [1.807, 2.05) is 12.1 Å². The first-order chi connectivity index (χ1) is 15.9. The molecule has 0 aliphatic carbocycles. The highest BCUT2D eigenvalue weighted by molar-refractivity contribution is 6.33. The maximum atomic E-state index is 13.5. The number of carbonyl (C=O) groups excluding carboxylic acids is 1. The summed E-state index contributed by atoms with van der Waals surface area (Å²) in [5.74, 6) is -0.246. The normalized spacial score (nSPS) is 16.1. The summed E-state index contributed by atoms with van der Waals surface area (Å²) in [4.78, 5) is 25.2. The van der Waals surface area contributed by atoms with Gasteiger partial charge in [0.15, 0.2) is 0 Å². The van der Waals surface area contributed by atoms with Crippen molar-refractivity contribution in [1.29, 1.82) is 0 Å². The Morgan fingerprint density at radius 1 is 1.15 bits per heavy atom. The number of piperazine rings is 1. The number of rotatable bonds is 5. The number of halogens is 3. The number of esters is 1. The average molecular weight is 489 g/mol. The Kier molecular flexibility index (Phi) is 7.00. The summed E-state index contributed by atoms with van der Waals surface area (Å²) in [5.41, 5.74) is 2.84. The molecule has 0 spiro atoms. The van der Waals surface area contributed by atoms with E-state index in [1.54, 1.807) is 31.3 Å². The number of nitrogens with zero attached hydrogens (tertiary/aromatic N) is 4. The summed E-state index contributed by atoms with van der Waals surface area (Å²) in [6.07, 6.45) is 3.24. The minimum atomic E-state index is -0.455. The predicted molar refractivity (Wildman–Crippen MR) is 129 cm³/mol. The molecular weight excluding hydrogens is 466 g/mol. The second-order valence-corrected chi connectivity index (χ2v) is 8.58. The molecule has 0 bridgehead atoms. The van der Waals surface area contributed by atoms with Crippen LogP contribution in [0.15, 0.2) is 48.8 Å². The molecule has 1 aliphatic heterocycles. The zero-order valence-electron chi connectivity index (χ0n) is 18.3. The van der Waals surface area contributed by atoms with Gasteiger partial charge in [0, 0.05) is 49.3 Å². The van der Waals surface area contributed by atoms with E-state index >= 15 is 0 Å². The van der Waals surface area contributed by atoms with Crippen LogP contribution < -0.4 is 9.80 Å². The second kappa shape index (κ2) is 9.93. The number of hydrogen-bond donors (Lipinski definition) is 0. The van der Waals surface area contributed by atoms with Gasteiger partial charge in [-0.25, -0.2) is 14.2 Å². The van der Waals surface area contributed by atoms with Gasteiger partial charge in [0.05, 0.1) is 27.9 Å². The monoisotopic (exact) mass is 488 g/mol. The number of ether oxygens (including phenoxy) is 1. The van der Waals surface area contributed by atoms with Gasteiger partial charge in [-0.05, 0) is 50.2 Å². The van der Waals surface area contributed by atoms with Crippen molar-refractivity contribution in [2.45, 2.75) is 19.9 Å². The molecular formula is C24H23Cl2FN4O2. The lowest BCUT2D eigenvalue weighted by molar-refractivity contribution is 0.0526. The van der Waals surface area contributed by atoms with Gasteiger partial charge in [0.25, 0.3) is 0 Å². The molecule has 3 aromatic rings. The van der Waals surface area contributed by atoms with Crippen molar-refractivity contribution in [3.63, 3.8) is 0 Å². The van der Waals surface area contributed by atoms with Crippen molar-refractivity contribution in [3.8, 4) is 11.3 Å². The Balaban J connectivity index is 1.50. The van der Waals surface area contributed by atoms with Crippen LogP contribution in [-0.2, 0) is 4.74 Å². The van der Waals surface area contributed by atoms with Crippen LogP contribution in [0, 0.1) is 5.82 Å². The maximum Gasteiger partial charge on any atom is 0.339 e. The van der Waals surface area contributed by atoms with E-state index in [9.17, 15) is 9.18 Å². The molecule has 0 saturated carbocycles. The van der Waals surface area contributed by atoms with Crippen LogP contribution in [0.25, 0.3) is 11.3 Å². The van der Waals surface area contributed by atoms with Crippen molar-refractivity contribution < 1.29 is 13.9 Å². The number of pyridine rings is 2. The summed E-state index contributed by atoms with van der Waals surface area (Å²) in [6, 6.07) is 10.3. The maximum absolute atomic E-state index is 13.5. The molecule has 1 aromatic carbocycles. The number of hydrogen-bond acceptors (Lipinski definition) is 6. The zero-order chi connectivity index (χ0) is 23.5. The second-order valence-electron chi connectivity index (χ2n) is 7.77. The molecule has 9 heteroatoms. The lowest BCUT2D eigenvalue weighted by Gasteiger charge is -2.42. The van der Waals surface area contributed by atoms with Crippen LogP contribution in [0.1, 0.15) is 24.2 Å². The molecule has 1 atom stereocenters. The van der Waals surface area contributed by atoms with Gasteiger partial charge in [0.1, 0.15) is 11.6 Å². The van der Waals surface area contributed by atoms with Crippen LogP contribution in [0.5, 0.6) is 0 Å². The topological polar surface area (TPSA) is 58.6 Å². The third kappa shape index (κ3) is 5.04. The van der Waals surface area contributed by atoms with E-state index in [-0.39, 0.29) is 11.1 Å². The standard InChI is InChI=1S/C24H23Cl2FN4O2/c1-3-33-24(32)17-11-20(26)23(29-13-17)30-8-9-31(15(2)14-30)18-6-7-28-22(12-18)16-4-5-21(27)19(25)10-16/h4-7,10-13,15H,3,8-9,14H2,1-2H3/t15-/m1/s1. The van der Waals surface area contributed by atoms with Crippen molar-refractivity contribution in [2.24, 2.45) is 0 Å². The summed E-state index contributed by atoms with van der Waals surface area (Å²) >= 11 is 12.4. The van der Waals surface area contributed by atoms with Crippen molar-refractivity contribution in [3.05, 3.63) is 70.2 Å². The lowest BCUT2D eigenvalue weighted by atomic mass is 10.1. The summed E-state index contributed by atoms with van der Waals surface area (Å²) in [5, 5.41) is 0.487. The van der Waals surface area contributed by atoms with Crippen molar-refractivity contribution >= 4 is 40.7 Å². The van der Waals surface area contributed by atoms with E-state index < -0.39 is 11.8 Å². The van der Waals surface area contributed by atoms with Gasteiger partial charge in [-0.2, -0.15) is 0 Å². The molecule has 0 N–H and O–H groups in total. The first-order valence-electron chi connectivity index (χ1n) is 10.6. The molecule has 2 aromatic heterocycles. The highest BCUT2D eigenvalue weighted by Gasteiger charge is 2.27. The molecule has 3 heterocycles. The van der Waals surface area contributed by atoms with Crippen LogP contribution in [0.4, 0.5) is 15.9 Å². The Labute approximate surface area is 201 Å². The van der Waals surface area contributed by atoms with Crippen molar-refractivity contribution in [2.75, 3.05) is 36.0 Å². The van der Waals surface area contributed by atoms with E-state index in [4.69, 9.17) is 27.9 Å². The Morgan fingerprint density at radius 2 is 1.97 bits per heavy atom. The summed E-state index contributed by atoms with van der Waals surface area (Å²) in [7, 11) is 0. The van der Waals surface area contributed by atoms with Crippen LogP contribution in [0.3, 0.4) is 0 Å². The predicted octanol–water partition coefficient (Wildman–Crippen LogP) is 5.48. The highest BCUT2D eigenvalue weighted by atomic mass is 35.5. The number of carbonyl (C=O) groups is 1. The fourth-order valence-electron chi connectivity index (χ4n) is 3.93. The third-order valence-electron chi connectivity index (χ3n) is 5.55. The Hall–Kier alpha value is -2.90. The molecule has 172 valence electrons. The molecule has 1 saturated heterocycles. The van der Waals surface area contributed by atoms with Crippen LogP contribution in [0.2, 0.25) is 10.0 Å². The fourth-order valence-corrected chi connectivity index (χ4v) is 4.40. The first-order valence-corrected chi connectivity index (χ1v) is 11.4. The molecule has 1 fully saturated rings. The van der Waals surface area contributed by atoms with Gasteiger partial charge in [-0.15, -0.1) is 0 Å². The van der Waals surface area contributed by atoms with Gasteiger partial charge < -0.3 is 14.5 Å². The number of anilines is 2. The Morgan fingerprint density at radius 3 is 2.67 bits per heavy atom. The van der Waals surface area contributed by atoms with Crippen LogP contribution >= 0.6 is 23.2 Å².